The van der Waals surface area contributed by atoms with E-state index in [1.807, 2.05) is 12.1 Å². The highest BCUT2D eigenvalue weighted by Gasteiger charge is 2.08. The van der Waals surface area contributed by atoms with Gasteiger partial charge in [-0.1, -0.05) is 6.07 Å². The molecule has 0 aliphatic heterocycles. The molecule has 1 aromatic carbocycles. The Morgan fingerprint density at radius 1 is 1.27 bits per heavy atom. The van der Waals surface area contributed by atoms with Crippen molar-refractivity contribution in [2.75, 3.05) is 0 Å². The number of nitriles is 2. The summed E-state index contributed by atoms with van der Waals surface area (Å²) in [4.78, 5) is 0. The van der Waals surface area contributed by atoms with E-state index in [-0.39, 0.29) is 0 Å². The molecule has 1 radical (unpaired) electrons. The molecule has 2 aromatic rings. The van der Waals surface area contributed by atoms with E-state index < -0.39 is 0 Å². The molecule has 0 atom stereocenters. The Balaban J connectivity index is 2.70. The Hall–Kier alpha value is -2.59. The monoisotopic (exact) mass is 193 g/mol. The van der Waals surface area contributed by atoms with Crippen molar-refractivity contribution in [2.24, 2.45) is 0 Å². The highest BCUT2D eigenvalue weighted by Crippen LogP contribution is 2.16. The van der Waals surface area contributed by atoms with Crippen molar-refractivity contribution in [3.63, 3.8) is 0 Å². The van der Waals surface area contributed by atoms with Crippen molar-refractivity contribution in [1.82, 2.24) is 9.78 Å². The van der Waals surface area contributed by atoms with E-state index >= 15 is 0 Å². The fourth-order valence-corrected chi connectivity index (χ4v) is 1.31. The predicted molar refractivity (Wildman–Crippen MR) is 51.8 cm³/mol. The van der Waals surface area contributed by atoms with E-state index in [2.05, 4.69) is 11.3 Å². The summed E-state index contributed by atoms with van der Waals surface area (Å²) in [6.45, 7) is 0. The van der Waals surface area contributed by atoms with Crippen molar-refractivity contribution in [3.8, 4) is 17.8 Å². The highest BCUT2D eigenvalue weighted by atomic mass is 15.3. The molecule has 0 unspecified atom stereocenters. The fourth-order valence-electron chi connectivity index (χ4n) is 1.31. The lowest BCUT2D eigenvalue weighted by Crippen LogP contribution is -1.99. The van der Waals surface area contributed by atoms with Crippen LogP contribution in [-0.4, -0.2) is 9.78 Å². The second-order valence-corrected chi connectivity index (χ2v) is 2.81. The maximum Gasteiger partial charge on any atom is 0.113 e. The minimum Gasteiger partial charge on any atom is -0.239 e. The number of rotatable bonds is 1. The van der Waals surface area contributed by atoms with Crippen molar-refractivity contribution >= 4 is 0 Å². The van der Waals surface area contributed by atoms with Crippen molar-refractivity contribution in [3.05, 3.63) is 47.8 Å². The first kappa shape index (κ1) is 8.98. The van der Waals surface area contributed by atoms with Crippen LogP contribution in [-0.2, 0) is 0 Å². The lowest BCUT2D eigenvalue weighted by atomic mass is 10.1. The van der Waals surface area contributed by atoms with Crippen LogP contribution in [0.25, 0.3) is 5.69 Å². The van der Waals surface area contributed by atoms with Crippen LogP contribution in [0.3, 0.4) is 0 Å². The summed E-state index contributed by atoms with van der Waals surface area (Å²) in [6, 6.07) is 10.7. The van der Waals surface area contributed by atoms with Crippen LogP contribution in [0.15, 0.2) is 30.5 Å². The largest absolute Gasteiger partial charge is 0.239 e. The first-order valence-corrected chi connectivity index (χ1v) is 4.22. The maximum absolute atomic E-state index is 8.98. The third kappa shape index (κ3) is 1.45. The number of hydrogen-bond acceptors (Lipinski definition) is 3. The minimum atomic E-state index is 0.331. The molecular formula is C11H5N4. The van der Waals surface area contributed by atoms with Crippen LogP contribution >= 0.6 is 0 Å². The normalized spacial score (nSPS) is 9.20. The first-order valence-electron chi connectivity index (χ1n) is 4.22. The molecule has 1 heterocycles. The molecule has 0 saturated carbocycles. The average Bonchev–Trinajstić information content (AvgIpc) is 2.81. The highest BCUT2D eigenvalue weighted by molar-refractivity contribution is 5.57. The summed E-state index contributed by atoms with van der Waals surface area (Å²) in [5.41, 5.74) is 1.28. The molecule has 4 heteroatoms. The molecule has 0 spiro atoms. The van der Waals surface area contributed by atoms with Gasteiger partial charge in [0.25, 0.3) is 0 Å². The summed E-state index contributed by atoms with van der Waals surface area (Å²) in [5, 5.41) is 21.7. The molecule has 4 nitrogen and oxygen atoms in total. The number of benzene rings is 1. The van der Waals surface area contributed by atoms with Gasteiger partial charge in [0.15, 0.2) is 0 Å². The number of nitrogens with zero attached hydrogens (tertiary/aromatic N) is 4. The van der Waals surface area contributed by atoms with Gasteiger partial charge < -0.3 is 0 Å². The minimum absolute atomic E-state index is 0.331. The van der Waals surface area contributed by atoms with Crippen molar-refractivity contribution < 1.29 is 0 Å². The lowest BCUT2D eigenvalue weighted by Gasteiger charge is -2.04. The van der Waals surface area contributed by atoms with E-state index in [1.54, 1.807) is 30.5 Å². The zero-order chi connectivity index (χ0) is 10.7. The summed E-state index contributed by atoms with van der Waals surface area (Å²) >= 11 is 0. The average molecular weight is 193 g/mol. The molecule has 15 heavy (non-hydrogen) atoms. The molecule has 0 amide bonds. The summed E-state index contributed by atoms with van der Waals surface area (Å²) < 4.78 is 1.51. The zero-order valence-electron chi connectivity index (χ0n) is 7.68. The fraction of sp³-hybridized carbons (Fsp3) is 0. The van der Waals surface area contributed by atoms with E-state index in [1.165, 1.54) is 4.68 Å². The van der Waals surface area contributed by atoms with Crippen LogP contribution in [0.2, 0.25) is 0 Å². The molecule has 0 fully saturated rings. The Bertz CT molecular complexity index is 555. The van der Waals surface area contributed by atoms with Crippen molar-refractivity contribution in [2.45, 2.75) is 0 Å². The second-order valence-electron chi connectivity index (χ2n) is 2.81. The van der Waals surface area contributed by atoms with Gasteiger partial charge in [0, 0.05) is 6.20 Å². The lowest BCUT2D eigenvalue weighted by molar-refractivity contribution is 0.873. The third-order valence-corrected chi connectivity index (χ3v) is 1.98. The van der Waals surface area contributed by atoms with Gasteiger partial charge in [0.1, 0.15) is 18.3 Å². The van der Waals surface area contributed by atoms with Gasteiger partial charge in [-0.05, 0) is 18.2 Å². The summed E-state index contributed by atoms with van der Waals surface area (Å²) in [7, 11) is 0. The quantitative estimate of drug-likeness (QED) is 0.687. The number of aromatic nitrogens is 2. The molecule has 0 N–H and O–H groups in total. The van der Waals surface area contributed by atoms with E-state index in [4.69, 9.17) is 10.5 Å². The Labute approximate surface area is 86.6 Å². The second kappa shape index (κ2) is 3.65. The zero-order valence-corrected chi connectivity index (χ0v) is 7.68. The Morgan fingerprint density at radius 3 is 2.73 bits per heavy atom. The van der Waals surface area contributed by atoms with Crippen LogP contribution in [0.5, 0.6) is 0 Å². The van der Waals surface area contributed by atoms with Gasteiger partial charge in [-0.25, -0.2) is 4.68 Å². The third-order valence-electron chi connectivity index (χ3n) is 1.98. The topological polar surface area (TPSA) is 65.4 Å². The van der Waals surface area contributed by atoms with Crippen LogP contribution < -0.4 is 0 Å². The van der Waals surface area contributed by atoms with Gasteiger partial charge in [-0.2, -0.15) is 15.6 Å². The molecular weight excluding hydrogens is 188 g/mol. The van der Waals surface area contributed by atoms with Crippen LogP contribution in [0, 0.1) is 28.9 Å². The molecule has 0 aliphatic rings. The Morgan fingerprint density at radius 2 is 2.13 bits per heavy atom. The smallest absolute Gasteiger partial charge is 0.113 e. The molecule has 1 aromatic heterocycles. The van der Waals surface area contributed by atoms with Crippen LogP contribution in [0.1, 0.15) is 11.1 Å². The van der Waals surface area contributed by atoms with Crippen molar-refractivity contribution in [1.29, 1.82) is 10.5 Å². The van der Waals surface area contributed by atoms with Crippen LogP contribution in [0.4, 0.5) is 0 Å². The van der Waals surface area contributed by atoms with Gasteiger partial charge >= 0.3 is 0 Å². The molecule has 2 rings (SSSR count). The molecule has 0 saturated heterocycles. The first-order chi connectivity index (χ1) is 7.36. The maximum atomic E-state index is 8.98. The predicted octanol–water partition coefficient (Wildman–Crippen LogP) is 1.42. The SMILES string of the molecule is N#Cc1cccc(-n2cc[c]n2)c1C#N. The Kier molecular flexibility index (Phi) is 2.19. The summed E-state index contributed by atoms with van der Waals surface area (Å²) in [5.74, 6) is 0. The van der Waals surface area contributed by atoms with E-state index in [0.29, 0.717) is 16.8 Å². The van der Waals surface area contributed by atoms with Gasteiger partial charge in [0.2, 0.25) is 0 Å². The van der Waals surface area contributed by atoms with Gasteiger partial charge in [0.05, 0.1) is 16.8 Å². The van der Waals surface area contributed by atoms with E-state index in [9.17, 15) is 0 Å². The van der Waals surface area contributed by atoms with Gasteiger partial charge in [-0.3, -0.25) is 0 Å². The van der Waals surface area contributed by atoms with Gasteiger partial charge in [-0.15, -0.1) is 0 Å². The van der Waals surface area contributed by atoms with E-state index in [0.717, 1.165) is 0 Å². The number of hydrogen-bond donors (Lipinski definition) is 0. The standard InChI is InChI=1S/C11H5N4/c12-7-9-3-1-4-11(10(9)8-13)15-6-2-5-14-15/h1-4,6H. The summed E-state index contributed by atoms with van der Waals surface area (Å²) in [6.07, 6.45) is 4.32. The molecule has 69 valence electrons. The molecule has 0 bridgehead atoms. The molecule has 0 aliphatic carbocycles.